The molecule has 0 aliphatic rings. The lowest BCUT2D eigenvalue weighted by Crippen LogP contribution is -2.17. The van der Waals surface area contributed by atoms with Crippen molar-refractivity contribution in [3.8, 4) is 0 Å². The molecule has 0 aliphatic carbocycles. The minimum absolute atomic E-state index is 0.468. The molecule has 0 amide bonds. The molecule has 0 aromatic rings. The first-order valence-electron chi connectivity index (χ1n) is 5.88. The first-order valence-corrected chi connectivity index (χ1v) is 6.40. The van der Waals surface area contributed by atoms with Gasteiger partial charge in [0, 0.05) is 0 Å². The third-order valence-electron chi connectivity index (χ3n) is 2.81. The Bertz CT molecular complexity index is 209. The second kappa shape index (κ2) is 9.05. The van der Waals surface area contributed by atoms with E-state index in [-0.39, 0.29) is 0 Å². The van der Waals surface area contributed by atoms with Gasteiger partial charge >= 0.3 is 0 Å². The number of thiol groups is 1. The van der Waals surface area contributed by atoms with E-state index in [4.69, 9.17) is 0 Å². The SMILES string of the molecule is C=C(CC)C(C)/C(=C\S)CCNCCC. The predicted molar refractivity (Wildman–Crippen MR) is 73.4 cm³/mol. The van der Waals surface area contributed by atoms with Crippen LogP contribution in [0.2, 0.25) is 0 Å². The molecule has 2 heteroatoms. The molecular formula is C13H25NS. The quantitative estimate of drug-likeness (QED) is 0.365. The third kappa shape index (κ3) is 6.06. The van der Waals surface area contributed by atoms with Crippen molar-refractivity contribution in [3.05, 3.63) is 23.1 Å². The van der Waals surface area contributed by atoms with E-state index in [2.05, 4.69) is 45.3 Å². The molecule has 0 rings (SSSR count). The molecular weight excluding hydrogens is 202 g/mol. The smallest absolute Gasteiger partial charge is 0.00111 e. The van der Waals surface area contributed by atoms with Crippen LogP contribution in [0.4, 0.5) is 0 Å². The van der Waals surface area contributed by atoms with Gasteiger partial charge in [-0.15, -0.1) is 0 Å². The van der Waals surface area contributed by atoms with Crippen molar-refractivity contribution in [1.82, 2.24) is 5.32 Å². The van der Waals surface area contributed by atoms with Crippen LogP contribution in [0.25, 0.3) is 0 Å². The fourth-order valence-corrected chi connectivity index (χ4v) is 1.85. The lowest BCUT2D eigenvalue weighted by atomic mass is 9.91. The molecule has 0 saturated heterocycles. The molecule has 0 aromatic heterocycles. The number of rotatable bonds is 8. The summed E-state index contributed by atoms with van der Waals surface area (Å²) in [5.74, 6) is 0.468. The first-order chi connectivity index (χ1) is 7.17. The predicted octanol–water partition coefficient (Wildman–Crippen LogP) is 3.79. The fraction of sp³-hybridized carbons (Fsp3) is 0.692. The third-order valence-corrected chi connectivity index (χ3v) is 3.14. The van der Waals surface area contributed by atoms with Gasteiger partial charge in [0.25, 0.3) is 0 Å². The number of hydrogen-bond acceptors (Lipinski definition) is 2. The molecule has 1 N–H and O–H groups in total. The molecule has 0 radical (unpaired) electrons. The zero-order chi connectivity index (χ0) is 11.7. The maximum absolute atomic E-state index is 4.28. The van der Waals surface area contributed by atoms with Crippen molar-refractivity contribution >= 4 is 12.6 Å². The van der Waals surface area contributed by atoms with Crippen LogP contribution >= 0.6 is 12.6 Å². The van der Waals surface area contributed by atoms with Crippen molar-refractivity contribution in [2.75, 3.05) is 13.1 Å². The summed E-state index contributed by atoms with van der Waals surface area (Å²) in [6.07, 6.45) is 3.31. The van der Waals surface area contributed by atoms with E-state index < -0.39 is 0 Å². The molecule has 15 heavy (non-hydrogen) atoms. The van der Waals surface area contributed by atoms with Gasteiger partial charge in [-0.1, -0.05) is 38.5 Å². The lowest BCUT2D eigenvalue weighted by Gasteiger charge is -2.17. The summed E-state index contributed by atoms with van der Waals surface area (Å²) in [5, 5.41) is 5.35. The van der Waals surface area contributed by atoms with Crippen molar-refractivity contribution in [2.24, 2.45) is 5.92 Å². The molecule has 0 aliphatic heterocycles. The van der Waals surface area contributed by atoms with Gasteiger partial charge in [-0.05, 0) is 43.7 Å². The average Bonchev–Trinajstić information content (AvgIpc) is 2.27. The van der Waals surface area contributed by atoms with Gasteiger partial charge in [0.05, 0.1) is 0 Å². The molecule has 0 bridgehead atoms. The van der Waals surface area contributed by atoms with Gasteiger partial charge in [0.15, 0.2) is 0 Å². The van der Waals surface area contributed by atoms with Crippen molar-refractivity contribution < 1.29 is 0 Å². The normalized spacial score (nSPS) is 14.0. The largest absolute Gasteiger partial charge is 0.316 e. The molecule has 88 valence electrons. The molecule has 0 aromatic carbocycles. The van der Waals surface area contributed by atoms with Gasteiger partial charge in [-0.3, -0.25) is 0 Å². The fourth-order valence-electron chi connectivity index (χ4n) is 1.50. The van der Waals surface area contributed by atoms with Crippen LogP contribution in [0.3, 0.4) is 0 Å². The highest BCUT2D eigenvalue weighted by Gasteiger charge is 2.09. The maximum Gasteiger partial charge on any atom is -0.00111 e. The Hall–Kier alpha value is -0.210. The summed E-state index contributed by atoms with van der Waals surface area (Å²) in [4.78, 5) is 0. The molecule has 1 atom stereocenters. The van der Waals surface area contributed by atoms with Crippen molar-refractivity contribution in [1.29, 1.82) is 0 Å². The van der Waals surface area contributed by atoms with Crippen LogP contribution in [-0.4, -0.2) is 13.1 Å². The topological polar surface area (TPSA) is 12.0 Å². The maximum atomic E-state index is 4.28. The first kappa shape index (κ1) is 14.8. The summed E-state index contributed by atoms with van der Waals surface area (Å²) >= 11 is 4.28. The van der Waals surface area contributed by atoms with E-state index >= 15 is 0 Å². The average molecular weight is 227 g/mol. The van der Waals surface area contributed by atoms with E-state index in [1.807, 2.05) is 5.41 Å². The Labute approximate surface area is 100 Å². The monoisotopic (exact) mass is 227 g/mol. The Morgan fingerprint density at radius 2 is 2.07 bits per heavy atom. The second-order valence-electron chi connectivity index (χ2n) is 3.94. The number of allylic oxidation sites excluding steroid dienone is 1. The van der Waals surface area contributed by atoms with E-state index in [0.717, 1.165) is 25.9 Å². The zero-order valence-corrected chi connectivity index (χ0v) is 11.2. The summed E-state index contributed by atoms with van der Waals surface area (Å²) in [6.45, 7) is 12.8. The van der Waals surface area contributed by atoms with Crippen molar-refractivity contribution in [3.63, 3.8) is 0 Å². The minimum Gasteiger partial charge on any atom is -0.316 e. The van der Waals surface area contributed by atoms with E-state index in [9.17, 15) is 0 Å². The summed E-state index contributed by atoms with van der Waals surface area (Å²) in [6, 6.07) is 0. The van der Waals surface area contributed by atoms with Crippen LogP contribution in [-0.2, 0) is 0 Å². The Balaban J connectivity index is 3.98. The number of hydrogen-bond donors (Lipinski definition) is 2. The molecule has 0 saturated carbocycles. The standard InChI is InChI=1S/C13H25NS/c1-5-8-14-9-7-13(10-15)12(4)11(3)6-2/h10,12,14-15H,3,5-9H2,1-2,4H3/b13-10-. The molecule has 1 nitrogen and oxygen atoms in total. The molecule has 0 spiro atoms. The van der Waals surface area contributed by atoms with Crippen molar-refractivity contribution in [2.45, 2.75) is 40.0 Å². The van der Waals surface area contributed by atoms with Crippen LogP contribution in [0.1, 0.15) is 40.0 Å². The van der Waals surface area contributed by atoms with Crippen LogP contribution in [0.15, 0.2) is 23.1 Å². The van der Waals surface area contributed by atoms with Crippen LogP contribution < -0.4 is 5.32 Å². The van der Waals surface area contributed by atoms with E-state index in [0.29, 0.717) is 5.92 Å². The lowest BCUT2D eigenvalue weighted by molar-refractivity contribution is 0.636. The Morgan fingerprint density at radius 1 is 1.40 bits per heavy atom. The molecule has 0 heterocycles. The van der Waals surface area contributed by atoms with Crippen LogP contribution in [0, 0.1) is 5.92 Å². The summed E-state index contributed by atoms with van der Waals surface area (Å²) in [7, 11) is 0. The van der Waals surface area contributed by atoms with Gasteiger partial charge in [0.1, 0.15) is 0 Å². The zero-order valence-electron chi connectivity index (χ0n) is 10.3. The molecule has 1 unspecified atom stereocenters. The minimum atomic E-state index is 0.468. The highest BCUT2D eigenvalue weighted by Crippen LogP contribution is 2.23. The summed E-state index contributed by atoms with van der Waals surface area (Å²) in [5.41, 5.74) is 2.68. The van der Waals surface area contributed by atoms with Gasteiger partial charge < -0.3 is 5.32 Å². The van der Waals surface area contributed by atoms with Gasteiger partial charge in [-0.25, -0.2) is 0 Å². The van der Waals surface area contributed by atoms with Crippen LogP contribution in [0.5, 0.6) is 0 Å². The summed E-state index contributed by atoms with van der Waals surface area (Å²) < 4.78 is 0. The second-order valence-corrected chi connectivity index (χ2v) is 4.20. The van der Waals surface area contributed by atoms with E-state index in [1.54, 1.807) is 0 Å². The Kier molecular flexibility index (Phi) is 8.92. The van der Waals surface area contributed by atoms with Gasteiger partial charge in [0.2, 0.25) is 0 Å². The molecule has 0 fully saturated rings. The highest BCUT2D eigenvalue weighted by atomic mass is 32.1. The van der Waals surface area contributed by atoms with E-state index in [1.165, 1.54) is 17.6 Å². The number of nitrogens with one attached hydrogen (secondary N) is 1. The highest BCUT2D eigenvalue weighted by molar-refractivity contribution is 7.83. The Morgan fingerprint density at radius 3 is 2.53 bits per heavy atom. The van der Waals surface area contributed by atoms with Gasteiger partial charge in [-0.2, -0.15) is 12.6 Å².